The molecular weight excluding hydrogens is 176 g/mol. The molecule has 3 atom stereocenters. The fourth-order valence-corrected chi connectivity index (χ4v) is 1.44. The van der Waals surface area contributed by atoms with Crippen molar-refractivity contribution < 1.29 is 9.84 Å². The predicted octanol–water partition coefficient (Wildman–Crippen LogP) is 1.85. The maximum atomic E-state index is 9.61. The summed E-state index contributed by atoms with van der Waals surface area (Å²) in [6.45, 7) is 1.96. The molecule has 0 radical (unpaired) electrons. The zero-order valence-electron chi connectivity index (χ0n) is 8.13. The molecule has 0 saturated carbocycles. The maximum Gasteiger partial charge on any atom is 0.113 e. The molecule has 2 nitrogen and oxygen atoms in total. The highest BCUT2D eigenvalue weighted by Crippen LogP contribution is 2.25. The van der Waals surface area contributed by atoms with Gasteiger partial charge in [0, 0.05) is 0 Å². The number of benzene rings is 1. The van der Waals surface area contributed by atoms with E-state index in [1.807, 2.05) is 43.3 Å². The van der Waals surface area contributed by atoms with Crippen LogP contribution in [0.15, 0.2) is 36.4 Å². The van der Waals surface area contributed by atoms with Gasteiger partial charge in [-0.05, 0) is 12.5 Å². The minimum atomic E-state index is -0.481. The van der Waals surface area contributed by atoms with Gasteiger partial charge < -0.3 is 9.84 Å². The zero-order valence-corrected chi connectivity index (χ0v) is 8.13. The summed E-state index contributed by atoms with van der Waals surface area (Å²) in [6, 6.07) is 9.92. The van der Waals surface area contributed by atoms with E-state index in [-0.39, 0.29) is 12.2 Å². The molecule has 1 aromatic carbocycles. The summed E-state index contributed by atoms with van der Waals surface area (Å²) in [5.41, 5.74) is 1.10. The Kier molecular flexibility index (Phi) is 2.66. The highest BCUT2D eigenvalue weighted by atomic mass is 16.6. The van der Waals surface area contributed by atoms with Crippen molar-refractivity contribution in [1.82, 2.24) is 0 Å². The van der Waals surface area contributed by atoms with Gasteiger partial charge in [-0.3, -0.25) is 0 Å². The summed E-state index contributed by atoms with van der Waals surface area (Å²) in [7, 11) is 0. The Bertz CT molecular complexity index is 318. The third-order valence-electron chi connectivity index (χ3n) is 2.38. The van der Waals surface area contributed by atoms with Crippen LogP contribution in [-0.2, 0) is 4.74 Å². The van der Waals surface area contributed by atoms with Gasteiger partial charge in [0.1, 0.15) is 12.2 Å². The van der Waals surface area contributed by atoms with Crippen molar-refractivity contribution in [2.24, 2.45) is 0 Å². The van der Waals surface area contributed by atoms with Gasteiger partial charge in [-0.1, -0.05) is 42.5 Å². The summed E-state index contributed by atoms with van der Waals surface area (Å²) in [6.07, 6.45) is 3.41. The summed E-state index contributed by atoms with van der Waals surface area (Å²) in [5, 5.41) is 9.61. The van der Waals surface area contributed by atoms with Crippen LogP contribution < -0.4 is 0 Å². The molecule has 1 aromatic rings. The molecule has 1 aliphatic heterocycles. The van der Waals surface area contributed by atoms with Gasteiger partial charge in [0.2, 0.25) is 0 Å². The van der Waals surface area contributed by atoms with E-state index < -0.39 is 6.10 Å². The quantitative estimate of drug-likeness (QED) is 0.738. The minimum absolute atomic E-state index is 0.00466. The monoisotopic (exact) mass is 190 g/mol. The van der Waals surface area contributed by atoms with Crippen molar-refractivity contribution in [2.75, 3.05) is 0 Å². The van der Waals surface area contributed by atoms with Crippen molar-refractivity contribution in [3.8, 4) is 0 Å². The van der Waals surface area contributed by atoms with Crippen molar-refractivity contribution in [3.63, 3.8) is 0 Å². The van der Waals surface area contributed by atoms with Crippen molar-refractivity contribution in [3.05, 3.63) is 42.0 Å². The van der Waals surface area contributed by atoms with Crippen LogP contribution in [0.25, 0.3) is 6.08 Å². The Labute approximate surface area is 83.8 Å². The topological polar surface area (TPSA) is 32.8 Å². The van der Waals surface area contributed by atoms with Crippen molar-refractivity contribution >= 4 is 6.08 Å². The van der Waals surface area contributed by atoms with Crippen LogP contribution in [0.5, 0.6) is 0 Å². The Hall–Kier alpha value is -1.12. The van der Waals surface area contributed by atoms with Gasteiger partial charge in [0.25, 0.3) is 0 Å². The van der Waals surface area contributed by atoms with Crippen LogP contribution in [0.2, 0.25) is 0 Å². The number of aliphatic hydroxyl groups is 1. The third kappa shape index (κ3) is 2.22. The second-order valence-electron chi connectivity index (χ2n) is 3.57. The lowest BCUT2D eigenvalue weighted by Gasteiger charge is -1.99. The first-order valence-corrected chi connectivity index (χ1v) is 4.84. The molecule has 2 heteroatoms. The summed E-state index contributed by atoms with van der Waals surface area (Å²) < 4.78 is 5.17. The smallest absolute Gasteiger partial charge is 0.113 e. The fourth-order valence-electron chi connectivity index (χ4n) is 1.44. The highest BCUT2D eigenvalue weighted by molar-refractivity contribution is 5.49. The SMILES string of the molecule is C[C@@H]1O[C@H]1[C@@H](O)/C=C/c1ccccc1. The standard InChI is InChI=1S/C12H14O2/c1-9-12(14-9)11(13)8-7-10-5-3-2-4-6-10/h2-9,11-13H,1H3/b8-7+/t9-,11-,12+/m0/s1. The lowest BCUT2D eigenvalue weighted by atomic mass is 10.1. The molecule has 0 aliphatic carbocycles. The van der Waals surface area contributed by atoms with Gasteiger partial charge in [0.05, 0.1) is 6.10 Å². The van der Waals surface area contributed by atoms with Crippen LogP contribution >= 0.6 is 0 Å². The Morgan fingerprint density at radius 1 is 1.36 bits per heavy atom. The van der Waals surface area contributed by atoms with E-state index >= 15 is 0 Å². The summed E-state index contributed by atoms with van der Waals surface area (Å²) in [4.78, 5) is 0. The van der Waals surface area contributed by atoms with Crippen LogP contribution in [-0.4, -0.2) is 23.4 Å². The highest BCUT2D eigenvalue weighted by Gasteiger charge is 2.39. The first kappa shape index (κ1) is 9.44. The Morgan fingerprint density at radius 3 is 2.57 bits per heavy atom. The maximum absolute atomic E-state index is 9.61. The second kappa shape index (κ2) is 3.95. The van der Waals surface area contributed by atoms with Crippen LogP contribution in [0.3, 0.4) is 0 Å². The lowest BCUT2D eigenvalue weighted by Crippen LogP contribution is -2.12. The van der Waals surface area contributed by atoms with E-state index in [1.165, 1.54) is 0 Å². The Balaban J connectivity index is 1.94. The number of hydrogen-bond donors (Lipinski definition) is 1. The molecule has 1 heterocycles. The van der Waals surface area contributed by atoms with Crippen LogP contribution in [0.1, 0.15) is 12.5 Å². The molecular formula is C12H14O2. The third-order valence-corrected chi connectivity index (χ3v) is 2.38. The molecule has 1 saturated heterocycles. The molecule has 0 amide bonds. The van der Waals surface area contributed by atoms with Gasteiger partial charge in [-0.15, -0.1) is 0 Å². The van der Waals surface area contributed by atoms with Crippen LogP contribution in [0, 0.1) is 0 Å². The summed E-state index contributed by atoms with van der Waals surface area (Å²) >= 11 is 0. The van der Waals surface area contributed by atoms with Crippen LogP contribution in [0.4, 0.5) is 0 Å². The van der Waals surface area contributed by atoms with Crippen molar-refractivity contribution in [2.45, 2.75) is 25.2 Å². The number of ether oxygens (including phenoxy) is 1. The zero-order chi connectivity index (χ0) is 9.97. The molecule has 0 aromatic heterocycles. The number of rotatable bonds is 3. The molecule has 0 spiro atoms. The predicted molar refractivity (Wildman–Crippen MR) is 55.8 cm³/mol. The van der Waals surface area contributed by atoms with Crippen molar-refractivity contribution in [1.29, 1.82) is 0 Å². The lowest BCUT2D eigenvalue weighted by molar-refractivity contribution is 0.178. The van der Waals surface area contributed by atoms with E-state index in [1.54, 1.807) is 6.08 Å². The number of epoxide rings is 1. The first-order valence-electron chi connectivity index (χ1n) is 4.84. The van der Waals surface area contributed by atoms with E-state index in [2.05, 4.69) is 0 Å². The summed E-state index contributed by atoms with van der Waals surface area (Å²) in [5.74, 6) is 0. The average molecular weight is 190 g/mol. The number of aliphatic hydroxyl groups excluding tert-OH is 1. The van der Waals surface area contributed by atoms with E-state index in [9.17, 15) is 5.11 Å². The number of hydrogen-bond acceptors (Lipinski definition) is 2. The van der Waals surface area contributed by atoms with E-state index in [0.717, 1.165) is 5.56 Å². The fraction of sp³-hybridized carbons (Fsp3) is 0.333. The minimum Gasteiger partial charge on any atom is -0.386 e. The second-order valence-corrected chi connectivity index (χ2v) is 3.57. The Morgan fingerprint density at radius 2 is 2.00 bits per heavy atom. The molecule has 0 unspecified atom stereocenters. The first-order chi connectivity index (χ1) is 6.77. The van der Waals surface area contributed by atoms with E-state index in [0.29, 0.717) is 0 Å². The molecule has 1 fully saturated rings. The van der Waals surface area contributed by atoms with Gasteiger partial charge in [-0.2, -0.15) is 0 Å². The van der Waals surface area contributed by atoms with Gasteiger partial charge >= 0.3 is 0 Å². The largest absolute Gasteiger partial charge is 0.386 e. The average Bonchev–Trinajstić information content (AvgIpc) is 2.94. The molecule has 2 rings (SSSR count). The van der Waals surface area contributed by atoms with Gasteiger partial charge in [-0.25, -0.2) is 0 Å². The molecule has 14 heavy (non-hydrogen) atoms. The molecule has 0 bridgehead atoms. The molecule has 74 valence electrons. The molecule has 1 aliphatic rings. The molecule has 1 N–H and O–H groups in total. The van der Waals surface area contributed by atoms with Gasteiger partial charge in [0.15, 0.2) is 0 Å². The normalized spacial score (nSPS) is 27.9. The van der Waals surface area contributed by atoms with E-state index in [4.69, 9.17) is 4.74 Å².